The molecule has 2 fully saturated rings. The highest BCUT2D eigenvalue weighted by atomic mass is 127. The summed E-state index contributed by atoms with van der Waals surface area (Å²) in [6.07, 6.45) is 4.39. The molecule has 5 rings (SSSR count). The predicted octanol–water partition coefficient (Wildman–Crippen LogP) is 5.65. The molecule has 0 spiro atoms. The van der Waals surface area contributed by atoms with E-state index in [1.807, 2.05) is 16.7 Å². The number of nitrogens with zero attached hydrogens (tertiary/aromatic N) is 2. The normalized spacial score (nSPS) is 22.4. The van der Waals surface area contributed by atoms with Crippen LogP contribution in [-0.4, -0.2) is 78.1 Å². The average molecular weight is 702 g/mol. The van der Waals surface area contributed by atoms with Crippen LogP contribution in [0.4, 0.5) is 15.8 Å². The van der Waals surface area contributed by atoms with E-state index >= 15 is 0 Å². The summed E-state index contributed by atoms with van der Waals surface area (Å²) in [6.45, 7) is 6.20. The molecule has 2 heterocycles. The molecule has 2 aromatic carbocycles. The maximum Gasteiger partial charge on any atom is 0.251 e. The molecule has 0 radical (unpaired) electrons. The van der Waals surface area contributed by atoms with Crippen molar-refractivity contribution < 1.29 is 18.7 Å². The standard InChI is InChI=1S/C33H41FIN5O3/c1-32(39-18-20-43-21-19-39)11-13-33(35,14-12-32)38-27-7-4-8-29-26(27)23-25(40(29)17-15-34)6-5-16-37-28-10-9-24(31(41)36-2)22-30(28)42-3/h4,7-10,22-23,37-38H,11-21H2,1-3H3,(H,36,41). The fourth-order valence-corrected chi connectivity index (χ4v) is 7.02. The van der Waals surface area contributed by atoms with E-state index in [0.29, 0.717) is 17.9 Å². The molecular formula is C33H41FIN5O3. The summed E-state index contributed by atoms with van der Waals surface area (Å²) in [5.41, 5.74) is 4.27. The Bertz CT molecular complexity index is 1500. The van der Waals surface area contributed by atoms with Crippen LogP contribution in [0.15, 0.2) is 42.5 Å². The number of amides is 1. The Labute approximate surface area is 267 Å². The third-order valence-electron chi connectivity index (χ3n) is 8.78. The number of carbonyl (C=O) groups excluding carboxylic acids is 1. The van der Waals surface area contributed by atoms with E-state index in [0.717, 1.165) is 80.0 Å². The first-order valence-corrected chi connectivity index (χ1v) is 16.0. The van der Waals surface area contributed by atoms with Crippen molar-refractivity contribution in [1.29, 1.82) is 0 Å². The molecule has 2 aliphatic rings. The van der Waals surface area contributed by atoms with Gasteiger partial charge in [0.1, 0.15) is 12.4 Å². The van der Waals surface area contributed by atoms with Gasteiger partial charge in [-0.2, -0.15) is 0 Å². The molecule has 230 valence electrons. The lowest BCUT2D eigenvalue weighted by atomic mass is 9.79. The van der Waals surface area contributed by atoms with Gasteiger partial charge < -0.3 is 30.0 Å². The predicted molar refractivity (Wildman–Crippen MR) is 179 cm³/mol. The molecule has 10 heteroatoms. The summed E-state index contributed by atoms with van der Waals surface area (Å²) in [5.74, 6) is 6.82. The van der Waals surface area contributed by atoms with Gasteiger partial charge in [0.05, 0.1) is 53.9 Å². The minimum absolute atomic E-state index is 0.0534. The van der Waals surface area contributed by atoms with Crippen molar-refractivity contribution in [3.05, 3.63) is 53.7 Å². The van der Waals surface area contributed by atoms with Crippen LogP contribution in [0, 0.1) is 11.8 Å². The molecule has 1 aliphatic heterocycles. The summed E-state index contributed by atoms with van der Waals surface area (Å²) < 4.78 is 26.6. The number of alkyl halides is 2. The zero-order chi connectivity index (χ0) is 30.5. The highest BCUT2D eigenvalue weighted by Gasteiger charge is 2.42. The quantitative estimate of drug-likeness (QED) is 0.116. The first-order valence-electron chi connectivity index (χ1n) is 14.9. The number of morpholine rings is 1. The van der Waals surface area contributed by atoms with Crippen molar-refractivity contribution in [3.8, 4) is 17.6 Å². The van der Waals surface area contributed by atoms with Crippen LogP contribution in [0.1, 0.15) is 48.7 Å². The molecule has 1 saturated carbocycles. The van der Waals surface area contributed by atoms with Crippen LogP contribution in [0.5, 0.6) is 5.75 Å². The number of hydrogen-bond acceptors (Lipinski definition) is 6. The molecule has 1 aliphatic carbocycles. The number of benzene rings is 2. The van der Waals surface area contributed by atoms with Gasteiger partial charge in [-0.05, 0) is 74.9 Å². The van der Waals surface area contributed by atoms with Gasteiger partial charge in [0.2, 0.25) is 0 Å². The van der Waals surface area contributed by atoms with Crippen molar-refractivity contribution in [2.24, 2.45) is 0 Å². The largest absolute Gasteiger partial charge is 0.495 e. The van der Waals surface area contributed by atoms with E-state index in [1.165, 1.54) is 0 Å². The topological polar surface area (TPSA) is 79.8 Å². The third kappa shape index (κ3) is 7.05. The van der Waals surface area contributed by atoms with Crippen molar-refractivity contribution in [1.82, 2.24) is 14.8 Å². The van der Waals surface area contributed by atoms with Crippen LogP contribution >= 0.6 is 22.6 Å². The Morgan fingerprint density at radius 2 is 1.88 bits per heavy atom. The van der Waals surface area contributed by atoms with Gasteiger partial charge in [0.15, 0.2) is 0 Å². The van der Waals surface area contributed by atoms with E-state index in [1.54, 1.807) is 32.4 Å². The van der Waals surface area contributed by atoms with Crippen molar-refractivity contribution >= 4 is 50.8 Å². The van der Waals surface area contributed by atoms with Gasteiger partial charge in [-0.15, -0.1) is 0 Å². The number of nitrogens with one attached hydrogen (secondary N) is 3. The minimum atomic E-state index is -0.473. The maximum absolute atomic E-state index is 13.7. The van der Waals surface area contributed by atoms with Gasteiger partial charge in [0.25, 0.3) is 5.91 Å². The van der Waals surface area contributed by atoms with Crippen LogP contribution in [0.3, 0.4) is 0 Å². The zero-order valence-corrected chi connectivity index (χ0v) is 27.4. The Hall–Kier alpha value is -3.01. The number of rotatable bonds is 9. The highest BCUT2D eigenvalue weighted by molar-refractivity contribution is 14.1. The van der Waals surface area contributed by atoms with Crippen LogP contribution in [0.2, 0.25) is 0 Å². The van der Waals surface area contributed by atoms with Crippen LogP contribution < -0.4 is 20.7 Å². The minimum Gasteiger partial charge on any atom is -0.495 e. The zero-order valence-electron chi connectivity index (χ0n) is 25.2. The van der Waals surface area contributed by atoms with Gasteiger partial charge in [-0.3, -0.25) is 9.69 Å². The molecule has 3 N–H and O–H groups in total. The molecule has 43 heavy (non-hydrogen) atoms. The van der Waals surface area contributed by atoms with Gasteiger partial charge in [-0.25, -0.2) is 4.39 Å². The summed E-state index contributed by atoms with van der Waals surface area (Å²) in [7, 11) is 3.16. The number of ether oxygens (including phenoxy) is 2. The van der Waals surface area contributed by atoms with Crippen molar-refractivity contribution in [2.45, 2.75) is 48.2 Å². The summed E-state index contributed by atoms with van der Waals surface area (Å²) in [4.78, 5) is 14.6. The lowest BCUT2D eigenvalue weighted by Crippen LogP contribution is -2.55. The monoisotopic (exact) mass is 701 g/mol. The lowest BCUT2D eigenvalue weighted by Gasteiger charge is -2.49. The molecule has 0 atom stereocenters. The Kier molecular flexibility index (Phi) is 10.0. The Morgan fingerprint density at radius 3 is 2.58 bits per heavy atom. The molecular weight excluding hydrogens is 660 g/mol. The summed E-state index contributed by atoms with van der Waals surface area (Å²) in [5, 5.41) is 10.8. The smallest absolute Gasteiger partial charge is 0.251 e. The second-order valence-corrected chi connectivity index (χ2v) is 13.5. The van der Waals surface area contributed by atoms with Crippen molar-refractivity contribution in [3.63, 3.8) is 0 Å². The Morgan fingerprint density at radius 1 is 1.12 bits per heavy atom. The Balaban J connectivity index is 1.31. The van der Waals surface area contributed by atoms with Gasteiger partial charge in [-0.1, -0.05) is 34.6 Å². The van der Waals surface area contributed by atoms with Crippen LogP contribution in [-0.2, 0) is 11.3 Å². The second kappa shape index (κ2) is 13.7. The molecule has 0 bridgehead atoms. The van der Waals surface area contributed by atoms with Gasteiger partial charge >= 0.3 is 0 Å². The number of carbonyl (C=O) groups is 1. The maximum atomic E-state index is 13.7. The molecule has 8 nitrogen and oxygen atoms in total. The summed E-state index contributed by atoms with van der Waals surface area (Å²) >= 11 is 2.60. The fraction of sp³-hybridized carbons (Fsp3) is 0.485. The molecule has 1 aromatic heterocycles. The van der Waals surface area contributed by atoms with E-state index in [4.69, 9.17) is 9.47 Å². The first-order chi connectivity index (χ1) is 20.8. The molecule has 0 unspecified atom stereocenters. The fourth-order valence-electron chi connectivity index (χ4n) is 6.19. The van der Waals surface area contributed by atoms with E-state index in [9.17, 15) is 9.18 Å². The van der Waals surface area contributed by atoms with Crippen molar-refractivity contribution in [2.75, 3.05) is 64.3 Å². The number of halogens is 2. The molecule has 1 saturated heterocycles. The van der Waals surface area contributed by atoms with E-state index in [2.05, 4.69) is 74.3 Å². The SMILES string of the molecule is CNC(=O)c1ccc(NCC#Cc2cc3c(NC4(I)CCC(C)(N5CCOCC5)CC4)cccc3n2CCF)c(OC)c1. The van der Waals surface area contributed by atoms with E-state index in [-0.39, 0.29) is 21.5 Å². The van der Waals surface area contributed by atoms with E-state index < -0.39 is 6.67 Å². The number of anilines is 2. The lowest BCUT2D eigenvalue weighted by molar-refractivity contribution is -0.0311. The molecule has 1 amide bonds. The first kappa shape index (κ1) is 31.4. The number of methoxy groups -OCH3 is 1. The summed E-state index contributed by atoms with van der Waals surface area (Å²) in [6, 6.07) is 13.5. The highest BCUT2D eigenvalue weighted by Crippen LogP contribution is 2.45. The van der Waals surface area contributed by atoms with Crippen LogP contribution in [0.25, 0.3) is 10.9 Å². The third-order valence-corrected chi connectivity index (χ3v) is 10.1. The van der Waals surface area contributed by atoms with Gasteiger partial charge in [0, 0.05) is 42.3 Å². The average Bonchev–Trinajstić information content (AvgIpc) is 3.39. The number of hydrogen-bond donors (Lipinski definition) is 3. The second-order valence-electron chi connectivity index (χ2n) is 11.4. The number of aryl methyl sites for hydroxylation is 1. The number of aromatic nitrogens is 1. The number of fused-ring (bicyclic) bond motifs is 1. The molecule has 3 aromatic rings.